The van der Waals surface area contributed by atoms with Crippen molar-refractivity contribution in [2.75, 3.05) is 6.61 Å². The number of hydrogen-bond acceptors (Lipinski definition) is 1. The Hall–Kier alpha value is -1.15. The van der Waals surface area contributed by atoms with Gasteiger partial charge in [-0.15, -0.1) is 6.58 Å². The summed E-state index contributed by atoms with van der Waals surface area (Å²) in [6.07, 6.45) is 1.90. The minimum atomic E-state index is -1.31. The second-order valence-electron chi connectivity index (χ2n) is 3.88. The van der Waals surface area contributed by atoms with Crippen LogP contribution in [0.4, 0.5) is 4.39 Å². The minimum Gasteiger partial charge on any atom is -0.373 e. The van der Waals surface area contributed by atoms with Crippen molar-refractivity contribution in [3.05, 3.63) is 48.6 Å². The molecule has 0 fully saturated rings. The van der Waals surface area contributed by atoms with Gasteiger partial charge in [-0.2, -0.15) is 0 Å². The molecular weight excluding hydrogens is 191 g/mol. The molecule has 1 rings (SSSR count). The Kier molecular flexibility index (Phi) is 4.50. The maximum Gasteiger partial charge on any atom is 0.134 e. The molecule has 0 aliphatic heterocycles. The van der Waals surface area contributed by atoms with Crippen LogP contribution in [-0.4, -0.2) is 12.3 Å². The van der Waals surface area contributed by atoms with E-state index in [0.717, 1.165) is 5.56 Å². The van der Waals surface area contributed by atoms with Crippen molar-refractivity contribution in [1.82, 2.24) is 0 Å². The van der Waals surface area contributed by atoms with Gasteiger partial charge in [0.25, 0.3) is 0 Å². The molecule has 0 aliphatic rings. The number of rotatable bonds is 6. The highest BCUT2D eigenvalue weighted by molar-refractivity contribution is 5.13. The van der Waals surface area contributed by atoms with Crippen molar-refractivity contribution < 1.29 is 9.13 Å². The maximum atomic E-state index is 13.6. The van der Waals surface area contributed by atoms with Gasteiger partial charge in [0.15, 0.2) is 0 Å². The summed E-state index contributed by atoms with van der Waals surface area (Å²) in [5.41, 5.74) is -0.247. The molecule has 0 unspecified atom stereocenters. The molecule has 0 amide bonds. The lowest BCUT2D eigenvalue weighted by Gasteiger charge is -2.18. The van der Waals surface area contributed by atoms with E-state index in [2.05, 4.69) is 6.58 Å². The van der Waals surface area contributed by atoms with Gasteiger partial charge in [-0.3, -0.25) is 0 Å². The summed E-state index contributed by atoms with van der Waals surface area (Å²) >= 11 is 0. The van der Waals surface area contributed by atoms with E-state index in [0.29, 0.717) is 13.0 Å². The summed E-state index contributed by atoms with van der Waals surface area (Å²) in [6, 6.07) is 9.75. The number of hydrogen-bond donors (Lipinski definition) is 0. The lowest BCUT2D eigenvalue weighted by Crippen LogP contribution is -2.24. The van der Waals surface area contributed by atoms with E-state index in [9.17, 15) is 4.39 Å². The Morgan fingerprint density at radius 3 is 2.67 bits per heavy atom. The zero-order chi connectivity index (χ0) is 11.1. The smallest absolute Gasteiger partial charge is 0.134 e. The predicted molar refractivity (Wildman–Crippen MR) is 60.4 cm³/mol. The van der Waals surface area contributed by atoms with Gasteiger partial charge in [0, 0.05) is 6.42 Å². The highest BCUT2D eigenvalue weighted by Gasteiger charge is 2.21. The molecule has 0 aliphatic carbocycles. The fourth-order valence-corrected chi connectivity index (χ4v) is 1.32. The van der Waals surface area contributed by atoms with Crippen LogP contribution in [0.15, 0.2) is 43.0 Å². The molecule has 2 heteroatoms. The van der Waals surface area contributed by atoms with Gasteiger partial charge in [0.05, 0.1) is 13.2 Å². The monoisotopic (exact) mass is 208 g/mol. The molecule has 82 valence electrons. The van der Waals surface area contributed by atoms with Crippen LogP contribution in [-0.2, 0) is 11.3 Å². The lowest BCUT2D eigenvalue weighted by atomic mass is 10.1. The predicted octanol–water partition coefficient (Wildman–Crippen LogP) is 3.51. The molecule has 1 atom stereocenters. The van der Waals surface area contributed by atoms with Gasteiger partial charge in [-0.05, 0) is 12.5 Å². The number of halogens is 1. The maximum absolute atomic E-state index is 13.6. The molecule has 0 saturated carbocycles. The van der Waals surface area contributed by atoms with E-state index in [1.165, 1.54) is 6.92 Å². The number of allylic oxidation sites excluding steroid dienone is 1. The number of benzene rings is 1. The Morgan fingerprint density at radius 2 is 2.07 bits per heavy atom. The standard InChI is InChI=1S/C13H17FO/c1-3-9-13(2,14)11-15-10-12-7-5-4-6-8-12/h3-8H,1,9-11H2,2H3/t13-/m1/s1. The summed E-state index contributed by atoms with van der Waals surface area (Å²) in [5.74, 6) is 0. The fourth-order valence-electron chi connectivity index (χ4n) is 1.32. The van der Waals surface area contributed by atoms with Crippen LogP contribution >= 0.6 is 0 Å². The average molecular weight is 208 g/mol. The van der Waals surface area contributed by atoms with Crippen LogP contribution in [0.5, 0.6) is 0 Å². The van der Waals surface area contributed by atoms with E-state index in [1.807, 2.05) is 30.3 Å². The van der Waals surface area contributed by atoms with Gasteiger partial charge in [-0.25, -0.2) is 4.39 Å². The van der Waals surface area contributed by atoms with Crippen molar-refractivity contribution in [2.45, 2.75) is 25.6 Å². The molecule has 1 aromatic carbocycles. The first-order valence-electron chi connectivity index (χ1n) is 5.05. The summed E-state index contributed by atoms with van der Waals surface area (Å²) in [7, 11) is 0. The molecule has 0 heterocycles. The van der Waals surface area contributed by atoms with Crippen LogP contribution in [0.25, 0.3) is 0 Å². The second kappa shape index (κ2) is 5.66. The minimum absolute atomic E-state index is 0.105. The highest BCUT2D eigenvalue weighted by atomic mass is 19.1. The summed E-state index contributed by atoms with van der Waals surface area (Å²) in [6.45, 7) is 5.60. The second-order valence-corrected chi connectivity index (χ2v) is 3.88. The van der Waals surface area contributed by atoms with Gasteiger partial charge in [0.2, 0.25) is 0 Å². The number of ether oxygens (including phenoxy) is 1. The van der Waals surface area contributed by atoms with Crippen molar-refractivity contribution in [3.8, 4) is 0 Å². The lowest BCUT2D eigenvalue weighted by molar-refractivity contribution is 0.0190. The molecular formula is C13H17FO. The first kappa shape index (κ1) is 11.9. The summed E-state index contributed by atoms with van der Waals surface area (Å²) in [4.78, 5) is 0. The third-order valence-electron chi connectivity index (χ3n) is 2.08. The molecule has 1 nitrogen and oxygen atoms in total. The third-order valence-corrected chi connectivity index (χ3v) is 2.08. The average Bonchev–Trinajstić information content (AvgIpc) is 2.19. The zero-order valence-electron chi connectivity index (χ0n) is 9.08. The SMILES string of the molecule is C=CC[C@@](C)(F)COCc1ccccc1. The van der Waals surface area contributed by atoms with E-state index in [4.69, 9.17) is 4.74 Å². The Balaban J connectivity index is 2.30. The highest BCUT2D eigenvalue weighted by Crippen LogP contribution is 2.16. The van der Waals surface area contributed by atoms with Crippen LogP contribution in [0, 0.1) is 0 Å². The van der Waals surface area contributed by atoms with Crippen LogP contribution in [0.1, 0.15) is 18.9 Å². The molecule has 1 aromatic rings. The van der Waals surface area contributed by atoms with Crippen molar-refractivity contribution in [1.29, 1.82) is 0 Å². The van der Waals surface area contributed by atoms with E-state index in [-0.39, 0.29) is 6.61 Å². The molecule has 0 saturated heterocycles. The fraction of sp³-hybridized carbons (Fsp3) is 0.385. The summed E-state index contributed by atoms with van der Waals surface area (Å²) in [5, 5.41) is 0. The van der Waals surface area contributed by atoms with Gasteiger partial charge >= 0.3 is 0 Å². The first-order chi connectivity index (χ1) is 7.14. The van der Waals surface area contributed by atoms with Crippen molar-refractivity contribution in [3.63, 3.8) is 0 Å². The van der Waals surface area contributed by atoms with Crippen molar-refractivity contribution >= 4 is 0 Å². The first-order valence-corrected chi connectivity index (χ1v) is 5.05. The molecule has 15 heavy (non-hydrogen) atoms. The topological polar surface area (TPSA) is 9.23 Å². The van der Waals surface area contributed by atoms with Gasteiger partial charge in [0.1, 0.15) is 5.67 Å². The molecule has 0 bridgehead atoms. The van der Waals surface area contributed by atoms with Crippen LogP contribution in [0.2, 0.25) is 0 Å². The Bertz CT molecular complexity index is 293. The Morgan fingerprint density at radius 1 is 1.40 bits per heavy atom. The molecule has 0 aromatic heterocycles. The Labute approximate surface area is 90.6 Å². The van der Waals surface area contributed by atoms with Gasteiger partial charge < -0.3 is 4.74 Å². The largest absolute Gasteiger partial charge is 0.373 e. The molecule has 0 radical (unpaired) electrons. The normalized spacial score (nSPS) is 14.5. The number of alkyl halides is 1. The quantitative estimate of drug-likeness (QED) is 0.650. The third kappa shape index (κ3) is 4.75. The van der Waals surface area contributed by atoms with E-state index < -0.39 is 5.67 Å². The molecule has 0 N–H and O–H groups in total. The van der Waals surface area contributed by atoms with Crippen LogP contribution in [0.3, 0.4) is 0 Å². The van der Waals surface area contributed by atoms with E-state index >= 15 is 0 Å². The molecule has 0 spiro atoms. The van der Waals surface area contributed by atoms with Gasteiger partial charge in [-0.1, -0.05) is 36.4 Å². The zero-order valence-corrected chi connectivity index (χ0v) is 9.08. The van der Waals surface area contributed by atoms with E-state index in [1.54, 1.807) is 6.08 Å². The van der Waals surface area contributed by atoms with Crippen LogP contribution < -0.4 is 0 Å². The summed E-state index contributed by atoms with van der Waals surface area (Å²) < 4.78 is 18.9. The van der Waals surface area contributed by atoms with Crippen molar-refractivity contribution in [2.24, 2.45) is 0 Å².